The van der Waals surface area contributed by atoms with E-state index in [0.29, 0.717) is 0 Å². The van der Waals surface area contributed by atoms with Crippen LogP contribution in [0.15, 0.2) is 42.5 Å². The first-order chi connectivity index (χ1) is 8.28. The van der Waals surface area contributed by atoms with Crippen molar-refractivity contribution >= 4 is 27.5 Å². The molecular formula is C15H14N2. The Hall–Kier alpha value is -2.09. The van der Waals surface area contributed by atoms with Gasteiger partial charge in [0.2, 0.25) is 0 Å². The number of nitrogens with zero attached hydrogens (tertiary/aromatic N) is 1. The maximum atomic E-state index is 5.78. The van der Waals surface area contributed by atoms with Gasteiger partial charge in [0.15, 0.2) is 0 Å². The van der Waals surface area contributed by atoms with Gasteiger partial charge in [-0.15, -0.1) is 0 Å². The molecule has 0 aliphatic carbocycles. The summed E-state index contributed by atoms with van der Waals surface area (Å²) in [4.78, 5) is 4.67. The van der Waals surface area contributed by atoms with Gasteiger partial charge in [-0.05, 0) is 36.2 Å². The Morgan fingerprint density at radius 3 is 2.76 bits per heavy atom. The summed E-state index contributed by atoms with van der Waals surface area (Å²) in [5.74, 6) is 0. The molecule has 0 radical (unpaired) electrons. The lowest BCUT2D eigenvalue weighted by Gasteiger charge is -2.06. The molecule has 2 aromatic carbocycles. The standard InChI is InChI=1S/C15H14N2/c1-2-10-4-3-5-14-13(10)8-11-6-7-12(16)9-15(11)17-14/h3-9H,2,16H2,1H3. The Morgan fingerprint density at radius 1 is 1.06 bits per heavy atom. The summed E-state index contributed by atoms with van der Waals surface area (Å²) in [7, 11) is 0. The number of aryl methyl sites for hydroxylation is 1. The molecule has 2 N–H and O–H groups in total. The van der Waals surface area contributed by atoms with Crippen molar-refractivity contribution in [2.75, 3.05) is 5.73 Å². The van der Waals surface area contributed by atoms with Gasteiger partial charge in [-0.2, -0.15) is 0 Å². The van der Waals surface area contributed by atoms with E-state index in [1.54, 1.807) is 0 Å². The lowest BCUT2D eigenvalue weighted by Crippen LogP contribution is -1.89. The van der Waals surface area contributed by atoms with Gasteiger partial charge in [0.25, 0.3) is 0 Å². The van der Waals surface area contributed by atoms with Gasteiger partial charge in [0.05, 0.1) is 11.0 Å². The Labute approximate surface area is 100 Å². The van der Waals surface area contributed by atoms with E-state index in [4.69, 9.17) is 5.73 Å². The van der Waals surface area contributed by atoms with Crippen molar-refractivity contribution < 1.29 is 0 Å². The third kappa shape index (κ3) is 1.62. The zero-order valence-corrected chi connectivity index (χ0v) is 9.77. The molecule has 0 bridgehead atoms. The molecule has 0 spiro atoms. The van der Waals surface area contributed by atoms with Crippen LogP contribution in [0.2, 0.25) is 0 Å². The maximum Gasteiger partial charge on any atom is 0.0730 e. The van der Waals surface area contributed by atoms with Crippen LogP contribution in [-0.4, -0.2) is 4.98 Å². The van der Waals surface area contributed by atoms with E-state index >= 15 is 0 Å². The summed E-state index contributed by atoms with van der Waals surface area (Å²) in [6.07, 6.45) is 1.03. The number of rotatable bonds is 1. The summed E-state index contributed by atoms with van der Waals surface area (Å²) < 4.78 is 0. The Morgan fingerprint density at radius 2 is 1.94 bits per heavy atom. The normalized spacial score (nSPS) is 11.1. The van der Waals surface area contributed by atoms with Gasteiger partial charge in [-0.3, -0.25) is 0 Å². The van der Waals surface area contributed by atoms with E-state index in [1.165, 1.54) is 10.9 Å². The number of pyridine rings is 1. The fraction of sp³-hybridized carbons (Fsp3) is 0.133. The smallest absolute Gasteiger partial charge is 0.0730 e. The molecule has 1 heterocycles. The third-order valence-electron chi connectivity index (χ3n) is 3.15. The average Bonchev–Trinajstić information content (AvgIpc) is 2.35. The zero-order chi connectivity index (χ0) is 11.8. The van der Waals surface area contributed by atoms with Crippen LogP contribution in [0.4, 0.5) is 5.69 Å². The second kappa shape index (κ2) is 3.74. The molecule has 2 nitrogen and oxygen atoms in total. The first kappa shape index (κ1) is 10.1. The number of anilines is 1. The van der Waals surface area contributed by atoms with Crippen LogP contribution in [0.5, 0.6) is 0 Å². The molecule has 0 saturated heterocycles. The number of fused-ring (bicyclic) bond motifs is 2. The van der Waals surface area contributed by atoms with Gasteiger partial charge < -0.3 is 5.73 Å². The van der Waals surface area contributed by atoms with Crippen LogP contribution in [0.3, 0.4) is 0 Å². The van der Waals surface area contributed by atoms with Crippen LogP contribution >= 0.6 is 0 Å². The monoisotopic (exact) mass is 222 g/mol. The number of aromatic nitrogens is 1. The van der Waals surface area contributed by atoms with Gasteiger partial charge in [0, 0.05) is 16.5 Å². The van der Waals surface area contributed by atoms with Gasteiger partial charge in [0.1, 0.15) is 0 Å². The molecule has 17 heavy (non-hydrogen) atoms. The molecule has 0 unspecified atom stereocenters. The second-order valence-electron chi connectivity index (χ2n) is 4.28. The van der Waals surface area contributed by atoms with Gasteiger partial charge in [-0.25, -0.2) is 4.98 Å². The predicted molar refractivity (Wildman–Crippen MR) is 73.0 cm³/mol. The molecule has 2 heteroatoms. The number of benzene rings is 2. The number of nitrogens with two attached hydrogens (primary N) is 1. The minimum absolute atomic E-state index is 0.760. The van der Waals surface area contributed by atoms with Crippen molar-refractivity contribution in [3.8, 4) is 0 Å². The summed E-state index contributed by atoms with van der Waals surface area (Å²) in [6, 6.07) is 14.4. The zero-order valence-electron chi connectivity index (χ0n) is 9.77. The van der Waals surface area contributed by atoms with Crippen LogP contribution in [0, 0.1) is 0 Å². The average molecular weight is 222 g/mol. The third-order valence-corrected chi connectivity index (χ3v) is 3.15. The van der Waals surface area contributed by atoms with Crippen LogP contribution in [0.1, 0.15) is 12.5 Å². The first-order valence-electron chi connectivity index (χ1n) is 5.86. The van der Waals surface area contributed by atoms with Crippen LogP contribution in [0.25, 0.3) is 21.8 Å². The summed E-state index contributed by atoms with van der Waals surface area (Å²) in [5.41, 5.74) is 9.89. The van der Waals surface area contributed by atoms with E-state index in [0.717, 1.165) is 28.5 Å². The van der Waals surface area contributed by atoms with Crippen molar-refractivity contribution in [2.24, 2.45) is 0 Å². The molecular weight excluding hydrogens is 208 g/mol. The minimum atomic E-state index is 0.760. The Bertz CT molecular complexity index is 702. The number of nitrogen functional groups attached to an aromatic ring is 1. The highest BCUT2D eigenvalue weighted by atomic mass is 14.7. The molecule has 0 amide bonds. The minimum Gasteiger partial charge on any atom is -0.399 e. The highest BCUT2D eigenvalue weighted by molar-refractivity contribution is 5.95. The highest BCUT2D eigenvalue weighted by Gasteiger charge is 2.03. The molecule has 0 atom stereocenters. The lowest BCUT2D eigenvalue weighted by molar-refractivity contribution is 1.16. The topological polar surface area (TPSA) is 38.9 Å². The van der Waals surface area contributed by atoms with E-state index in [2.05, 4.69) is 36.2 Å². The lowest BCUT2D eigenvalue weighted by atomic mass is 10.0. The molecule has 3 aromatic rings. The second-order valence-corrected chi connectivity index (χ2v) is 4.28. The highest BCUT2D eigenvalue weighted by Crippen LogP contribution is 2.24. The predicted octanol–water partition coefficient (Wildman–Crippen LogP) is 3.53. The van der Waals surface area contributed by atoms with E-state index in [9.17, 15) is 0 Å². The van der Waals surface area contributed by atoms with Crippen molar-refractivity contribution in [3.63, 3.8) is 0 Å². The Balaban J connectivity index is 2.43. The van der Waals surface area contributed by atoms with Gasteiger partial charge >= 0.3 is 0 Å². The maximum absolute atomic E-state index is 5.78. The fourth-order valence-electron chi connectivity index (χ4n) is 2.24. The molecule has 1 aromatic heterocycles. The molecule has 0 aliphatic rings. The fourth-order valence-corrected chi connectivity index (χ4v) is 2.24. The molecule has 0 aliphatic heterocycles. The van der Waals surface area contributed by atoms with Crippen molar-refractivity contribution in [3.05, 3.63) is 48.0 Å². The van der Waals surface area contributed by atoms with Crippen molar-refractivity contribution in [2.45, 2.75) is 13.3 Å². The van der Waals surface area contributed by atoms with Crippen molar-refractivity contribution in [1.82, 2.24) is 4.98 Å². The number of hydrogen-bond acceptors (Lipinski definition) is 2. The summed E-state index contributed by atoms with van der Waals surface area (Å²) in [6.45, 7) is 2.17. The van der Waals surface area contributed by atoms with Crippen LogP contribution in [-0.2, 0) is 6.42 Å². The van der Waals surface area contributed by atoms with Gasteiger partial charge in [-0.1, -0.05) is 25.1 Å². The largest absolute Gasteiger partial charge is 0.399 e. The Kier molecular flexibility index (Phi) is 2.22. The van der Waals surface area contributed by atoms with E-state index in [-0.39, 0.29) is 0 Å². The summed E-state index contributed by atoms with van der Waals surface area (Å²) >= 11 is 0. The number of hydrogen-bond donors (Lipinski definition) is 1. The first-order valence-corrected chi connectivity index (χ1v) is 5.86. The molecule has 84 valence electrons. The quantitative estimate of drug-likeness (QED) is 0.505. The molecule has 0 fully saturated rings. The van der Waals surface area contributed by atoms with E-state index < -0.39 is 0 Å². The SMILES string of the molecule is CCc1cccc2nc3cc(N)ccc3cc12. The molecule has 0 saturated carbocycles. The molecule has 3 rings (SSSR count). The van der Waals surface area contributed by atoms with Crippen molar-refractivity contribution in [1.29, 1.82) is 0 Å². The summed E-state index contributed by atoms with van der Waals surface area (Å²) in [5, 5.41) is 2.39. The van der Waals surface area contributed by atoms with E-state index in [1.807, 2.05) is 18.2 Å². The van der Waals surface area contributed by atoms with Crippen LogP contribution < -0.4 is 5.73 Å².